The first-order valence-corrected chi connectivity index (χ1v) is 6.16. The van der Waals surface area contributed by atoms with Crippen molar-refractivity contribution in [2.75, 3.05) is 6.54 Å². The van der Waals surface area contributed by atoms with Crippen LogP contribution < -0.4 is 5.32 Å². The summed E-state index contributed by atoms with van der Waals surface area (Å²) < 4.78 is 0. The van der Waals surface area contributed by atoms with Gasteiger partial charge in [0.25, 0.3) is 5.91 Å². The van der Waals surface area contributed by atoms with E-state index in [1.165, 1.54) is 0 Å². The molecular weight excluding hydrogens is 244 g/mol. The summed E-state index contributed by atoms with van der Waals surface area (Å²) in [5.41, 5.74) is -1.45. The molecule has 2 N–H and O–H groups in total. The van der Waals surface area contributed by atoms with Crippen molar-refractivity contribution in [3.05, 3.63) is 35.9 Å². The Morgan fingerprint density at radius 3 is 2.37 bits per heavy atom. The molecule has 3 amide bonds. The third-order valence-electron chi connectivity index (χ3n) is 3.17. The lowest BCUT2D eigenvalue weighted by Crippen LogP contribution is -2.44. The molecule has 0 bridgehead atoms. The Labute approximate surface area is 112 Å². The fourth-order valence-electron chi connectivity index (χ4n) is 2.19. The van der Waals surface area contributed by atoms with Gasteiger partial charge in [-0.3, -0.25) is 9.69 Å². The molecule has 1 fully saturated rings. The molecule has 0 radical (unpaired) electrons. The summed E-state index contributed by atoms with van der Waals surface area (Å²) in [4.78, 5) is 25.4. The number of urea groups is 1. The van der Waals surface area contributed by atoms with Gasteiger partial charge in [-0.05, 0) is 26.3 Å². The minimum absolute atomic E-state index is 0.0277. The number of benzene rings is 1. The summed E-state index contributed by atoms with van der Waals surface area (Å²) >= 11 is 0. The van der Waals surface area contributed by atoms with E-state index in [-0.39, 0.29) is 12.5 Å². The Bertz CT molecular complexity index is 507. The molecular formula is C14H18N2O3. The lowest BCUT2D eigenvalue weighted by molar-refractivity contribution is -0.133. The highest BCUT2D eigenvalue weighted by molar-refractivity contribution is 6.07. The van der Waals surface area contributed by atoms with Gasteiger partial charge in [-0.25, -0.2) is 4.79 Å². The number of nitrogens with one attached hydrogen (secondary N) is 1. The van der Waals surface area contributed by atoms with E-state index in [1.807, 2.05) is 18.2 Å². The second kappa shape index (κ2) is 4.35. The largest absolute Gasteiger partial charge is 0.389 e. The van der Waals surface area contributed by atoms with Crippen LogP contribution >= 0.6 is 0 Å². The third kappa shape index (κ3) is 2.46. The van der Waals surface area contributed by atoms with Crippen LogP contribution in [0.2, 0.25) is 0 Å². The molecule has 19 heavy (non-hydrogen) atoms. The Kier molecular flexibility index (Phi) is 3.10. The van der Waals surface area contributed by atoms with Gasteiger partial charge < -0.3 is 10.4 Å². The summed E-state index contributed by atoms with van der Waals surface area (Å²) in [6, 6.07) is 8.61. The molecule has 0 spiro atoms. The Balaban J connectivity index is 2.32. The first-order valence-electron chi connectivity index (χ1n) is 6.16. The van der Waals surface area contributed by atoms with Crippen molar-refractivity contribution in [2.45, 2.75) is 31.9 Å². The van der Waals surface area contributed by atoms with Crippen LogP contribution in [-0.4, -0.2) is 34.1 Å². The molecule has 1 atom stereocenters. The molecule has 1 aliphatic rings. The summed E-state index contributed by atoms with van der Waals surface area (Å²) in [5, 5.41) is 12.5. The normalized spacial score (nSPS) is 23.7. The van der Waals surface area contributed by atoms with Crippen molar-refractivity contribution < 1.29 is 14.7 Å². The molecule has 2 rings (SSSR count). The fraction of sp³-hybridized carbons (Fsp3) is 0.429. The number of hydrogen-bond donors (Lipinski definition) is 2. The molecule has 1 saturated heterocycles. The monoisotopic (exact) mass is 262 g/mol. The van der Waals surface area contributed by atoms with Crippen molar-refractivity contribution in [3.63, 3.8) is 0 Å². The second-order valence-corrected chi connectivity index (χ2v) is 5.62. The SMILES string of the molecule is CC(C)(O)CN1C(=O)NC(C)(c2ccccc2)C1=O. The molecule has 102 valence electrons. The minimum atomic E-state index is -1.12. The van der Waals surface area contributed by atoms with Crippen LogP contribution in [0.4, 0.5) is 4.79 Å². The number of carbonyl (C=O) groups excluding carboxylic acids is 2. The first kappa shape index (κ1) is 13.5. The highest BCUT2D eigenvalue weighted by atomic mass is 16.3. The average Bonchev–Trinajstić information content (AvgIpc) is 2.54. The molecule has 1 unspecified atom stereocenters. The number of amides is 3. The smallest absolute Gasteiger partial charge is 0.325 e. The molecule has 0 aromatic heterocycles. The molecule has 5 heteroatoms. The molecule has 0 saturated carbocycles. The number of hydrogen-bond acceptors (Lipinski definition) is 3. The maximum atomic E-state index is 12.4. The van der Waals surface area contributed by atoms with Gasteiger partial charge in [-0.2, -0.15) is 0 Å². The van der Waals surface area contributed by atoms with Crippen LogP contribution in [0.15, 0.2) is 30.3 Å². The predicted octanol–water partition coefficient (Wildman–Crippen LogP) is 1.22. The molecule has 0 aliphatic carbocycles. The zero-order valence-electron chi connectivity index (χ0n) is 11.3. The van der Waals surface area contributed by atoms with Gasteiger partial charge in [0, 0.05) is 0 Å². The van der Waals surface area contributed by atoms with Gasteiger partial charge >= 0.3 is 6.03 Å². The summed E-state index contributed by atoms with van der Waals surface area (Å²) in [5.74, 6) is -0.342. The van der Waals surface area contributed by atoms with Crippen molar-refractivity contribution in [2.24, 2.45) is 0 Å². The topological polar surface area (TPSA) is 69.6 Å². The van der Waals surface area contributed by atoms with E-state index in [0.717, 1.165) is 10.5 Å². The highest BCUT2D eigenvalue weighted by Gasteiger charge is 2.49. The van der Waals surface area contributed by atoms with E-state index in [1.54, 1.807) is 32.9 Å². The van der Waals surface area contributed by atoms with Gasteiger partial charge in [0.15, 0.2) is 0 Å². The predicted molar refractivity (Wildman–Crippen MR) is 70.3 cm³/mol. The van der Waals surface area contributed by atoms with Crippen molar-refractivity contribution in [3.8, 4) is 0 Å². The van der Waals surface area contributed by atoms with Gasteiger partial charge in [0.05, 0.1) is 12.1 Å². The highest BCUT2D eigenvalue weighted by Crippen LogP contribution is 2.29. The van der Waals surface area contributed by atoms with Crippen molar-refractivity contribution in [1.29, 1.82) is 0 Å². The zero-order chi connectivity index (χ0) is 14.3. The quantitative estimate of drug-likeness (QED) is 0.805. The van der Waals surface area contributed by atoms with Gasteiger partial charge in [-0.15, -0.1) is 0 Å². The molecule has 1 heterocycles. The van der Waals surface area contributed by atoms with Gasteiger partial charge in [0.1, 0.15) is 5.54 Å². The van der Waals surface area contributed by atoms with E-state index in [4.69, 9.17) is 0 Å². The Hall–Kier alpha value is -1.88. The van der Waals surface area contributed by atoms with Crippen LogP contribution in [0.5, 0.6) is 0 Å². The lowest BCUT2D eigenvalue weighted by atomic mass is 9.92. The third-order valence-corrected chi connectivity index (χ3v) is 3.17. The number of nitrogens with zero attached hydrogens (tertiary/aromatic N) is 1. The van der Waals surface area contributed by atoms with Crippen LogP contribution in [0.3, 0.4) is 0 Å². The lowest BCUT2D eigenvalue weighted by Gasteiger charge is -2.25. The van der Waals surface area contributed by atoms with Crippen LogP contribution in [0.1, 0.15) is 26.3 Å². The van der Waals surface area contributed by atoms with Crippen LogP contribution in [0, 0.1) is 0 Å². The van der Waals surface area contributed by atoms with E-state index in [9.17, 15) is 14.7 Å². The molecule has 1 aromatic carbocycles. The number of β-amino-alcohol motifs (C(OH)–C–C–N with tert-alkyl or cyclic N) is 1. The number of rotatable bonds is 3. The Morgan fingerprint density at radius 2 is 1.84 bits per heavy atom. The van der Waals surface area contributed by atoms with Gasteiger partial charge in [-0.1, -0.05) is 30.3 Å². The van der Waals surface area contributed by atoms with E-state index < -0.39 is 17.2 Å². The standard InChI is InChI=1S/C14H18N2O3/c1-13(2,19)9-16-11(17)14(3,15-12(16)18)10-7-5-4-6-8-10/h4-8,19H,9H2,1-3H3,(H,15,18). The van der Waals surface area contributed by atoms with E-state index >= 15 is 0 Å². The zero-order valence-corrected chi connectivity index (χ0v) is 11.3. The minimum Gasteiger partial charge on any atom is -0.389 e. The van der Waals surface area contributed by atoms with Crippen molar-refractivity contribution in [1.82, 2.24) is 10.2 Å². The average molecular weight is 262 g/mol. The Morgan fingerprint density at radius 1 is 1.26 bits per heavy atom. The summed E-state index contributed by atoms with van der Waals surface area (Å²) in [6.07, 6.45) is 0. The molecule has 1 aliphatic heterocycles. The summed E-state index contributed by atoms with van der Waals surface area (Å²) in [6.45, 7) is 4.77. The van der Waals surface area contributed by atoms with Crippen molar-refractivity contribution >= 4 is 11.9 Å². The van der Waals surface area contributed by atoms with E-state index in [0.29, 0.717) is 0 Å². The first-order chi connectivity index (χ1) is 8.74. The second-order valence-electron chi connectivity index (χ2n) is 5.62. The van der Waals surface area contributed by atoms with Gasteiger partial charge in [0.2, 0.25) is 0 Å². The molecule has 5 nitrogen and oxygen atoms in total. The summed E-state index contributed by atoms with van der Waals surface area (Å²) in [7, 11) is 0. The number of carbonyl (C=O) groups is 2. The maximum absolute atomic E-state index is 12.4. The number of aliphatic hydroxyl groups is 1. The fourth-order valence-corrected chi connectivity index (χ4v) is 2.19. The maximum Gasteiger partial charge on any atom is 0.325 e. The van der Waals surface area contributed by atoms with E-state index in [2.05, 4.69) is 5.32 Å². The molecule has 1 aromatic rings. The number of imide groups is 1. The van der Waals surface area contributed by atoms with Crippen LogP contribution in [0.25, 0.3) is 0 Å². The van der Waals surface area contributed by atoms with Crippen LogP contribution in [-0.2, 0) is 10.3 Å².